The van der Waals surface area contributed by atoms with Crippen molar-refractivity contribution in [1.29, 1.82) is 0 Å². The van der Waals surface area contributed by atoms with Gasteiger partial charge in [0.2, 0.25) is 0 Å². The maximum Gasteiger partial charge on any atom is 0.257 e. The molecule has 1 aliphatic heterocycles. The van der Waals surface area contributed by atoms with Crippen LogP contribution >= 0.6 is 0 Å². The molecule has 0 aliphatic carbocycles. The van der Waals surface area contributed by atoms with E-state index >= 15 is 0 Å². The molecule has 1 saturated heterocycles. The van der Waals surface area contributed by atoms with Crippen LogP contribution in [0.2, 0.25) is 0 Å². The molecular formula is C15H22N2O2. The summed E-state index contributed by atoms with van der Waals surface area (Å²) in [6.45, 7) is 6.32. The minimum Gasteiger partial charge on any atom is -0.366 e. The lowest BCUT2D eigenvalue weighted by Crippen LogP contribution is -2.48. The fourth-order valence-electron chi connectivity index (χ4n) is 2.15. The molecule has 0 spiro atoms. The van der Waals surface area contributed by atoms with E-state index in [0.717, 1.165) is 12.2 Å². The molecule has 1 unspecified atom stereocenters. The number of likely N-dealkylation sites (N-methyl/N-ethyl adjacent to an activating group) is 1. The van der Waals surface area contributed by atoms with Crippen molar-refractivity contribution in [1.82, 2.24) is 5.32 Å². The van der Waals surface area contributed by atoms with Crippen molar-refractivity contribution in [3.05, 3.63) is 29.8 Å². The van der Waals surface area contributed by atoms with Crippen LogP contribution in [-0.4, -0.2) is 38.8 Å². The SMILES string of the molecule is CC(C)c1ccc(N(C)C(=O)C2CNCCO2)cc1. The van der Waals surface area contributed by atoms with E-state index in [2.05, 4.69) is 31.3 Å². The Labute approximate surface area is 114 Å². The summed E-state index contributed by atoms with van der Waals surface area (Å²) in [6.07, 6.45) is -0.372. The Hall–Kier alpha value is -1.39. The average Bonchev–Trinajstić information content (AvgIpc) is 2.46. The lowest BCUT2D eigenvalue weighted by atomic mass is 10.0. The van der Waals surface area contributed by atoms with Crippen molar-refractivity contribution in [2.24, 2.45) is 0 Å². The number of benzene rings is 1. The standard InChI is InChI=1S/C15H22N2O2/c1-11(2)12-4-6-13(7-5-12)17(3)15(18)14-10-16-8-9-19-14/h4-7,11,14,16H,8-10H2,1-3H3. The van der Waals surface area contributed by atoms with Crippen LogP contribution in [0.4, 0.5) is 5.69 Å². The number of morpholine rings is 1. The lowest BCUT2D eigenvalue weighted by molar-refractivity contribution is -0.131. The molecule has 1 aromatic rings. The summed E-state index contributed by atoms with van der Waals surface area (Å²) in [4.78, 5) is 13.9. The summed E-state index contributed by atoms with van der Waals surface area (Å²) in [5, 5.41) is 3.17. The highest BCUT2D eigenvalue weighted by atomic mass is 16.5. The zero-order valence-electron chi connectivity index (χ0n) is 11.8. The normalized spacial score (nSPS) is 19.5. The van der Waals surface area contributed by atoms with Crippen LogP contribution in [0.3, 0.4) is 0 Å². The van der Waals surface area contributed by atoms with Gasteiger partial charge in [0.05, 0.1) is 6.61 Å². The third-order valence-corrected chi connectivity index (χ3v) is 3.48. The highest BCUT2D eigenvalue weighted by Crippen LogP contribution is 2.20. The molecule has 1 heterocycles. The lowest BCUT2D eigenvalue weighted by Gasteiger charge is -2.27. The number of amides is 1. The molecule has 0 aromatic heterocycles. The predicted molar refractivity (Wildman–Crippen MR) is 76.6 cm³/mol. The number of hydrogen-bond donors (Lipinski definition) is 1. The minimum atomic E-state index is -0.372. The Bertz CT molecular complexity index is 422. The quantitative estimate of drug-likeness (QED) is 0.902. The van der Waals surface area contributed by atoms with E-state index in [4.69, 9.17) is 4.74 Å². The van der Waals surface area contributed by atoms with E-state index in [9.17, 15) is 4.79 Å². The van der Waals surface area contributed by atoms with Crippen molar-refractivity contribution in [2.45, 2.75) is 25.9 Å². The summed E-state index contributed by atoms with van der Waals surface area (Å²) >= 11 is 0. The van der Waals surface area contributed by atoms with Gasteiger partial charge < -0.3 is 15.0 Å². The van der Waals surface area contributed by atoms with Crippen LogP contribution in [0.15, 0.2) is 24.3 Å². The summed E-state index contributed by atoms with van der Waals surface area (Å²) < 4.78 is 5.49. The number of carbonyl (C=O) groups is 1. The fraction of sp³-hybridized carbons (Fsp3) is 0.533. The molecule has 19 heavy (non-hydrogen) atoms. The Morgan fingerprint density at radius 1 is 1.37 bits per heavy atom. The van der Waals surface area contributed by atoms with Gasteiger partial charge >= 0.3 is 0 Å². The zero-order valence-corrected chi connectivity index (χ0v) is 11.8. The molecule has 0 saturated carbocycles. The van der Waals surface area contributed by atoms with Crippen LogP contribution in [0.25, 0.3) is 0 Å². The topological polar surface area (TPSA) is 41.6 Å². The van der Waals surface area contributed by atoms with Crippen molar-refractivity contribution >= 4 is 11.6 Å². The van der Waals surface area contributed by atoms with Gasteiger partial charge in [-0.2, -0.15) is 0 Å². The second kappa shape index (κ2) is 6.17. The number of rotatable bonds is 3. The molecule has 1 amide bonds. The van der Waals surface area contributed by atoms with Gasteiger partial charge in [0.25, 0.3) is 5.91 Å². The van der Waals surface area contributed by atoms with Gasteiger partial charge in [-0.25, -0.2) is 0 Å². The van der Waals surface area contributed by atoms with Crippen molar-refractivity contribution in [3.8, 4) is 0 Å². The molecule has 104 valence electrons. The van der Waals surface area contributed by atoms with E-state index < -0.39 is 0 Å². The van der Waals surface area contributed by atoms with Gasteiger partial charge in [0.1, 0.15) is 6.10 Å². The average molecular weight is 262 g/mol. The molecule has 4 heteroatoms. The molecule has 1 aliphatic rings. The number of nitrogens with one attached hydrogen (secondary N) is 1. The molecule has 1 aromatic carbocycles. The predicted octanol–water partition coefficient (Wildman–Crippen LogP) is 1.76. The van der Waals surface area contributed by atoms with Gasteiger partial charge in [-0.05, 0) is 23.6 Å². The molecule has 1 fully saturated rings. The number of ether oxygens (including phenoxy) is 1. The first-order valence-electron chi connectivity index (χ1n) is 6.79. The minimum absolute atomic E-state index is 0.00416. The van der Waals surface area contributed by atoms with Gasteiger partial charge in [0.15, 0.2) is 0 Å². The van der Waals surface area contributed by atoms with Gasteiger partial charge in [0, 0.05) is 25.8 Å². The highest BCUT2D eigenvalue weighted by molar-refractivity contribution is 5.96. The second-order valence-corrected chi connectivity index (χ2v) is 5.21. The molecule has 2 rings (SSSR count). The molecule has 0 radical (unpaired) electrons. The van der Waals surface area contributed by atoms with Crippen molar-refractivity contribution < 1.29 is 9.53 Å². The zero-order chi connectivity index (χ0) is 13.8. The number of anilines is 1. The Balaban J connectivity index is 2.05. The first-order valence-corrected chi connectivity index (χ1v) is 6.79. The van der Waals surface area contributed by atoms with Gasteiger partial charge in [-0.15, -0.1) is 0 Å². The molecule has 4 nitrogen and oxygen atoms in total. The summed E-state index contributed by atoms with van der Waals surface area (Å²) in [6, 6.07) is 8.13. The largest absolute Gasteiger partial charge is 0.366 e. The fourth-order valence-corrected chi connectivity index (χ4v) is 2.15. The van der Waals surface area contributed by atoms with E-state index in [1.54, 1.807) is 11.9 Å². The molecular weight excluding hydrogens is 240 g/mol. The Kier molecular flexibility index (Phi) is 4.56. The van der Waals surface area contributed by atoms with Crippen molar-refractivity contribution in [3.63, 3.8) is 0 Å². The van der Waals surface area contributed by atoms with E-state index in [1.807, 2.05) is 12.1 Å². The Morgan fingerprint density at radius 3 is 2.58 bits per heavy atom. The third kappa shape index (κ3) is 3.33. The number of hydrogen-bond acceptors (Lipinski definition) is 3. The maximum absolute atomic E-state index is 12.3. The van der Waals surface area contributed by atoms with Crippen LogP contribution in [0, 0.1) is 0 Å². The van der Waals surface area contributed by atoms with Gasteiger partial charge in [-0.3, -0.25) is 4.79 Å². The van der Waals surface area contributed by atoms with Crippen LogP contribution in [0.1, 0.15) is 25.3 Å². The van der Waals surface area contributed by atoms with Crippen molar-refractivity contribution in [2.75, 3.05) is 31.6 Å². The highest BCUT2D eigenvalue weighted by Gasteiger charge is 2.25. The number of carbonyl (C=O) groups excluding carboxylic acids is 1. The van der Waals surface area contributed by atoms with Gasteiger partial charge in [-0.1, -0.05) is 26.0 Å². The Morgan fingerprint density at radius 2 is 2.05 bits per heavy atom. The molecule has 1 atom stereocenters. The van der Waals surface area contributed by atoms with E-state index in [-0.39, 0.29) is 12.0 Å². The number of nitrogens with zero attached hydrogens (tertiary/aromatic N) is 1. The second-order valence-electron chi connectivity index (χ2n) is 5.21. The molecule has 0 bridgehead atoms. The summed E-state index contributed by atoms with van der Waals surface area (Å²) in [7, 11) is 1.80. The van der Waals surface area contributed by atoms with Crippen LogP contribution < -0.4 is 10.2 Å². The monoisotopic (exact) mass is 262 g/mol. The maximum atomic E-state index is 12.3. The first-order chi connectivity index (χ1) is 9.09. The third-order valence-electron chi connectivity index (χ3n) is 3.48. The molecule has 1 N–H and O–H groups in total. The first kappa shape index (κ1) is 14.0. The summed E-state index contributed by atoms with van der Waals surface area (Å²) in [5.41, 5.74) is 2.18. The summed E-state index contributed by atoms with van der Waals surface area (Å²) in [5.74, 6) is 0.505. The smallest absolute Gasteiger partial charge is 0.257 e. The van der Waals surface area contributed by atoms with Crippen LogP contribution in [0.5, 0.6) is 0 Å². The van der Waals surface area contributed by atoms with Crippen LogP contribution in [-0.2, 0) is 9.53 Å². The van der Waals surface area contributed by atoms with E-state index in [1.165, 1.54) is 5.56 Å². The van der Waals surface area contributed by atoms with E-state index in [0.29, 0.717) is 19.1 Å².